The molecule has 2 aliphatic rings. The molecule has 1 fully saturated rings. The fourth-order valence-corrected chi connectivity index (χ4v) is 4.19. The third kappa shape index (κ3) is 3.17. The maximum atomic E-state index is 6.37. The molecule has 0 radical (unpaired) electrons. The quantitative estimate of drug-likeness (QED) is 0.844. The van der Waals surface area contributed by atoms with Crippen molar-refractivity contribution in [1.82, 2.24) is 9.88 Å². The molecule has 1 saturated heterocycles. The lowest BCUT2D eigenvalue weighted by Crippen LogP contribution is -2.46. The Morgan fingerprint density at radius 3 is 2.58 bits per heavy atom. The van der Waals surface area contributed by atoms with Gasteiger partial charge in [0.15, 0.2) is 11.5 Å². The number of methoxy groups -OCH3 is 2. The highest BCUT2D eigenvalue weighted by Crippen LogP contribution is 2.45. The van der Waals surface area contributed by atoms with Crippen LogP contribution in [-0.2, 0) is 23.3 Å². The molecule has 1 spiro atoms. The minimum atomic E-state index is -0.201. The predicted molar refractivity (Wildman–Crippen MR) is 99.6 cm³/mol. The minimum absolute atomic E-state index is 0.201. The van der Waals surface area contributed by atoms with Crippen LogP contribution in [0, 0.1) is 0 Å². The molecule has 2 aromatic rings. The lowest BCUT2D eigenvalue weighted by molar-refractivity contribution is -0.0991. The number of likely N-dealkylation sites (tertiary alicyclic amines) is 1. The molecule has 0 amide bonds. The summed E-state index contributed by atoms with van der Waals surface area (Å²) >= 11 is 0. The molecule has 0 unspecified atom stereocenters. The largest absolute Gasteiger partial charge is 0.493 e. The summed E-state index contributed by atoms with van der Waals surface area (Å²) < 4.78 is 17.4. The molecular formula is C21H26N2O3. The molecule has 2 aliphatic heterocycles. The number of hydrogen-bond acceptors (Lipinski definition) is 5. The molecule has 0 aliphatic carbocycles. The zero-order valence-electron chi connectivity index (χ0n) is 15.5. The Hall–Kier alpha value is -2.11. The molecule has 138 valence electrons. The van der Waals surface area contributed by atoms with Crippen molar-refractivity contribution < 1.29 is 14.2 Å². The zero-order chi connectivity index (χ0) is 18.0. The van der Waals surface area contributed by atoms with Crippen molar-refractivity contribution in [2.24, 2.45) is 0 Å². The highest BCUT2D eigenvalue weighted by Gasteiger charge is 2.41. The van der Waals surface area contributed by atoms with Gasteiger partial charge < -0.3 is 14.2 Å². The van der Waals surface area contributed by atoms with E-state index in [1.807, 2.05) is 18.3 Å². The van der Waals surface area contributed by atoms with Gasteiger partial charge in [-0.05, 0) is 54.7 Å². The van der Waals surface area contributed by atoms with Gasteiger partial charge in [0, 0.05) is 25.8 Å². The zero-order valence-corrected chi connectivity index (χ0v) is 15.5. The molecule has 5 heteroatoms. The Bertz CT molecular complexity index is 755. The van der Waals surface area contributed by atoms with Crippen LogP contribution in [0.3, 0.4) is 0 Å². The molecule has 4 rings (SSSR count). The van der Waals surface area contributed by atoms with Crippen LogP contribution in [0.25, 0.3) is 0 Å². The second kappa shape index (κ2) is 7.25. The molecular weight excluding hydrogens is 328 g/mol. The lowest BCUT2D eigenvalue weighted by atomic mass is 9.79. The van der Waals surface area contributed by atoms with E-state index in [1.54, 1.807) is 14.2 Å². The van der Waals surface area contributed by atoms with Crippen LogP contribution in [0.5, 0.6) is 11.5 Å². The van der Waals surface area contributed by atoms with E-state index in [4.69, 9.17) is 14.2 Å². The van der Waals surface area contributed by atoms with E-state index in [1.165, 1.54) is 11.1 Å². The summed E-state index contributed by atoms with van der Waals surface area (Å²) in [5, 5.41) is 0. The fraction of sp³-hybridized carbons (Fsp3) is 0.476. The van der Waals surface area contributed by atoms with E-state index >= 15 is 0 Å². The highest BCUT2D eigenvalue weighted by atomic mass is 16.5. The first-order chi connectivity index (χ1) is 12.7. The first-order valence-corrected chi connectivity index (χ1v) is 9.26. The predicted octanol–water partition coefficient (Wildman–Crippen LogP) is 3.16. The standard InChI is InChI=1S/C21H26N2O3/c1-24-19-13-16-6-12-26-21(18(16)14-20(19)25-2)7-10-23(11-8-21)15-17-5-3-4-9-22-17/h3-5,9,13-14H,6-8,10-12,15H2,1-2H3. The van der Waals surface area contributed by atoms with Crippen LogP contribution in [-0.4, -0.2) is 43.8 Å². The summed E-state index contributed by atoms with van der Waals surface area (Å²) in [5.41, 5.74) is 3.53. The SMILES string of the molecule is COc1cc2c(cc1OC)C1(CCN(Cc3ccccn3)CC1)OCC2. The van der Waals surface area contributed by atoms with E-state index in [-0.39, 0.29) is 5.60 Å². The van der Waals surface area contributed by atoms with Crippen LogP contribution in [0.15, 0.2) is 36.5 Å². The molecule has 0 N–H and O–H groups in total. The summed E-state index contributed by atoms with van der Waals surface area (Å²) in [6.45, 7) is 3.67. The average molecular weight is 354 g/mol. The van der Waals surface area contributed by atoms with Crippen LogP contribution >= 0.6 is 0 Å². The number of rotatable bonds is 4. The van der Waals surface area contributed by atoms with Crippen molar-refractivity contribution in [2.75, 3.05) is 33.9 Å². The Morgan fingerprint density at radius 1 is 1.12 bits per heavy atom. The molecule has 1 aromatic heterocycles. The van der Waals surface area contributed by atoms with Crippen molar-refractivity contribution in [2.45, 2.75) is 31.4 Å². The van der Waals surface area contributed by atoms with E-state index in [9.17, 15) is 0 Å². The number of piperidine rings is 1. The van der Waals surface area contributed by atoms with Crippen molar-refractivity contribution in [3.05, 3.63) is 53.3 Å². The van der Waals surface area contributed by atoms with E-state index in [0.717, 1.165) is 62.7 Å². The van der Waals surface area contributed by atoms with Crippen LogP contribution in [0.2, 0.25) is 0 Å². The second-order valence-electron chi connectivity index (χ2n) is 7.05. The summed E-state index contributed by atoms with van der Waals surface area (Å²) in [7, 11) is 3.38. The van der Waals surface area contributed by atoms with Gasteiger partial charge in [-0.25, -0.2) is 0 Å². The molecule has 0 atom stereocenters. The van der Waals surface area contributed by atoms with Crippen LogP contribution < -0.4 is 9.47 Å². The third-order valence-corrected chi connectivity index (χ3v) is 5.63. The smallest absolute Gasteiger partial charge is 0.161 e. The average Bonchev–Trinajstić information content (AvgIpc) is 2.70. The van der Waals surface area contributed by atoms with Gasteiger partial charge in [-0.2, -0.15) is 0 Å². The Morgan fingerprint density at radius 2 is 1.88 bits per heavy atom. The number of fused-ring (bicyclic) bond motifs is 2. The van der Waals surface area contributed by atoms with Crippen molar-refractivity contribution in [3.63, 3.8) is 0 Å². The van der Waals surface area contributed by atoms with Gasteiger partial charge in [0.1, 0.15) is 0 Å². The molecule has 1 aromatic carbocycles. The molecule has 5 nitrogen and oxygen atoms in total. The molecule has 3 heterocycles. The first-order valence-electron chi connectivity index (χ1n) is 9.26. The van der Waals surface area contributed by atoms with Crippen molar-refractivity contribution in [3.8, 4) is 11.5 Å². The molecule has 0 saturated carbocycles. The minimum Gasteiger partial charge on any atom is -0.493 e. The number of aromatic nitrogens is 1. The van der Waals surface area contributed by atoms with Crippen molar-refractivity contribution >= 4 is 0 Å². The summed E-state index contributed by atoms with van der Waals surface area (Å²) in [6.07, 6.45) is 4.76. The van der Waals surface area contributed by atoms with E-state index < -0.39 is 0 Å². The lowest BCUT2D eigenvalue weighted by Gasteiger charge is -2.45. The molecule has 26 heavy (non-hydrogen) atoms. The van der Waals surface area contributed by atoms with Crippen molar-refractivity contribution in [1.29, 1.82) is 0 Å². The highest BCUT2D eigenvalue weighted by molar-refractivity contribution is 5.50. The number of ether oxygens (including phenoxy) is 3. The van der Waals surface area contributed by atoms with Gasteiger partial charge in [-0.1, -0.05) is 6.07 Å². The van der Waals surface area contributed by atoms with Gasteiger partial charge in [0.2, 0.25) is 0 Å². The Balaban J connectivity index is 1.54. The van der Waals surface area contributed by atoms with Crippen LogP contribution in [0.4, 0.5) is 0 Å². The normalized spacial score (nSPS) is 19.2. The van der Waals surface area contributed by atoms with Gasteiger partial charge in [0.25, 0.3) is 0 Å². The monoisotopic (exact) mass is 354 g/mol. The third-order valence-electron chi connectivity index (χ3n) is 5.63. The maximum absolute atomic E-state index is 6.37. The number of pyridine rings is 1. The second-order valence-corrected chi connectivity index (χ2v) is 7.05. The molecule has 0 bridgehead atoms. The first kappa shape index (κ1) is 17.3. The van der Waals surface area contributed by atoms with Crippen LogP contribution in [0.1, 0.15) is 29.7 Å². The van der Waals surface area contributed by atoms with E-state index in [0.29, 0.717) is 0 Å². The van der Waals surface area contributed by atoms with Gasteiger partial charge >= 0.3 is 0 Å². The van der Waals surface area contributed by atoms with Gasteiger partial charge in [-0.15, -0.1) is 0 Å². The Labute approximate surface area is 154 Å². The number of benzene rings is 1. The van der Waals surface area contributed by atoms with Gasteiger partial charge in [-0.3, -0.25) is 9.88 Å². The fourth-order valence-electron chi connectivity index (χ4n) is 4.19. The maximum Gasteiger partial charge on any atom is 0.161 e. The number of hydrogen-bond donors (Lipinski definition) is 0. The topological polar surface area (TPSA) is 43.8 Å². The van der Waals surface area contributed by atoms with Gasteiger partial charge in [0.05, 0.1) is 32.1 Å². The summed E-state index contributed by atoms with van der Waals surface area (Å²) in [4.78, 5) is 6.92. The number of nitrogens with zero attached hydrogens (tertiary/aromatic N) is 2. The Kier molecular flexibility index (Phi) is 4.83. The summed E-state index contributed by atoms with van der Waals surface area (Å²) in [6, 6.07) is 10.4. The summed E-state index contributed by atoms with van der Waals surface area (Å²) in [5.74, 6) is 1.59. The van der Waals surface area contributed by atoms with E-state index in [2.05, 4.69) is 28.1 Å².